The Morgan fingerprint density at radius 1 is 1.38 bits per heavy atom. The third-order valence-electron chi connectivity index (χ3n) is 2.28. The quantitative estimate of drug-likeness (QED) is 0.794. The summed E-state index contributed by atoms with van der Waals surface area (Å²) in [7, 11) is -3.29. The number of primary amides is 1. The highest BCUT2D eigenvalue weighted by Gasteiger charge is 2.21. The van der Waals surface area contributed by atoms with Gasteiger partial charge < -0.3 is 5.73 Å². The van der Waals surface area contributed by atoms with E-state index in [-0.39, 0.29) is 10.5 Å². The van der Waals surface area contributed by atoms with Crippen molar-refractivity contribution in [2.75, 3.05) is 6.26 Å². The van der Waals surface area contributed by atoms with Gasteiger partial charge in [0.1, 0.15) is 0 Å². The second-order valence-corrected chi connectivity index (χ2v) is 5.50. The van der Waals surface area contributed by atoms with Crippen molar-refractivity contribution in [1.82, 2.24) is 5.32 Å². The average molecular weight is 237 g/mol. The van der Waals surface area contributed by atoms with Crippen molar-refractivity contribution in [2.24, 2.45) is 5.73 Å². The zero-order valence-corrected chi connectivity index (χ0v) is 9.28. The lowest BCUT2D eigenvalue weighted by atomic mass is 10.1. The Morgan fingerprint density at radius 2 is 2.06 bits per heavy atom. The molecule has 1 aliphatic rings. The van der Waals surface area contributed by atoms with Crippen molar-refractivity contribution < 1.29 is 13.2 Å². The summed E-state index contributed by atoms with van der Waals surface area (Å²) in [6.45, 7) is 0. The molecule has 5 nitrogen and oxygen atoms in total. The molecule has 0 aliphatic carbocycles. The minimum absolute atomic E-state index is 0.149. The lowest BCUT2D eigenvalue weighted by Gasteiger charge is -2.03. The number of benzene rings is 1. The van der Waals surface area contributed by atoms with E-state index in [1.807, 2.05) is 0 Å². The normalized spacial score (nSPS) is 13.9. The molecule has 1 radical (unpaired) electrons. The zero-order valence-electron chi connectivity index (χ0n) is 8.47. The van der Waals surface area contributed by atoms with Gasteiger partial charge >= 0.3 is 0 Å². The van der Waals surface area contributed by atoms with Gasteiger partial charge in [0.05, 0.1) is 16.2 Å². The third-order valence-corrected chi connectivity index (χ3v) is 3.39. The highest BCUT2D eigenvalue weighted by Crippen LogP contribution is 2.31. The predicted molar refractivity (Wildman–Crippen MR) is 58.5 cm³/mol. The van der Waals surface area contributed by atoms with Gasteiger partial charge in [0.15, 0.2) is 9.84 Å². The number of carbonyl (C=O) groups excluding carboxylic acids is 1. The molecule has 1 heterocycles. The fraction of sp³-hybridized carbons (Fsp3) is 0.100. The number of fused-ring (bicyclic) bond motifs is 1. The van der Waals surface area contributed by atoms with Crippen LogP contribution in [0.5, 0.6) is 0 Å². The van der Waals surface area contributed by atoms with Crippen molar-refractivity contribution in [3.8, 4) is 0 Å². The van der Waals surface area contributed by atoms with E-state index in [0.717, 1.165) is 6.26 Å². The zero-order chi connectivity index (χ0) is 11.9. The van der Waals surface area contributed by atoms with Crippen LogP contribution < -0.4 is 11.1 Å². The third kappa shape index (κ3) is 1.67. The lowest BCUT2D eigenvalue weighted by molar-refractivity contribution is -0.112. The summed E-state index contributed by atoms with van der Waals surface area (Å²) in [4.78, 5) is 11.2. The van der Waals surface area contributed by atoms with E-state index in [4.69, 9.17) is 5.73 Å². The lowest BCUT2D eigenvalue weighted by Crippen LogP contribution is -2.12. The number of nitrogens with two attached hydrogens (primary N) is 1. The minimum Gasteiger partial charge on any atom is -0.366 e. The molecule has 6 heteroatoms. The Kier molecular flexibility index (Phi) is 2.23. The van der Waals surface area contributed by atoms with Crippen molar-refractivity contribution in [3.63, 3.8) is 0 Å². The highest BCUT2D eigenvalue weighted by molar-refractivity contribution is 7.90. The molecule has 1 aromatic carbocycles. The second kappa shape index (κ2) is 3.34. The van der Waals surface area contributed by atoms with Crippen LogP contribution in [-0.4, -0.2) is 20.6 Å². The van der Waals surface area contributed by atoms with Crippen LogP contribution >= 0.6 is 0 Å². The van der Waals surface area contributed by atoms with E-state index < -0.39 is 15.7 Å². The molecule has 1 aromatic rings. The van der Waals surface area contributed by atoms with Crippen LogP contribution in [0.15, 0.2) is 29.3 Å². The number of amides is 1. The van der Waals surface area contributed by atoms with Crippen molar-refractivity contribution in [2.45, 2.75) is 4.90 Å². The van der Waals surface area contributed by atoms with Crippen LogP contribution in [0.3, 0.4) is 0 Å². The molecule has 83 valence electrons. The first-order valence-electron chi connectivity index (χ1n) is 4.45. The van der Waals surface area contributed by atoms with Gasteiger partial charge in [-0.2, -0.15) is 0 Å². The molecule has 2 N–H and O–H groups in total. The maximum Gasteiger partial charge on any atom is 0.250 e. The summed E-state index contributed by atoms with van der Waals surface area (Å²) < 4.78 is 22.7. The topological polar surface area (TPSA) is 91.3 Å². The molecule has 0 aromatic heterocycles. The van der Waals surface area contributed by atoms with Gasteiger partial charge in [-0.15, -0.1) is 0 Å². The number of hydrogen-bond donors (Lipinski definition) is 1. The van der Waals surface area contributed by atoms with Crippen molar-refractivity contribution >= 4 is 27.0 Å². The van der Waals surface area contributed by atoms with E-state index in [1.165, 1.54) is 18.3 Å². The van der Waals surface area contributed by atoms with E-state index in [2.05, 4.69) is 5.32 Å². The summed E-state index contributed by atoms with van der Waals surface area (Å²) in [5.41, 5.74) is 6.42. The SMILES string of the molecule is CS(=O)(=O)c1ccc2c(c1)C(C(N)=O)=C[N]2. The van der Waals surface area contributed by atoms with Gasteiger partial charge in [-0.05, 0) is 18.2 Å². The van der Waals surface area contributed by atoms with Crippen LogP contribution in [0.2, 0.25) is 0 Å². The molecular formula is C10H9N2O3S. The maximum atomic E-state index is 11.3. The summed E-state index contributed by atoms with van der Waals surface area (Å²) in [6, 6.07) is 4.42. The molecular weight excluding hydrogens is 228 g/mol. The molecule has 0 unspecified atom stereocenters. The smallest absolute Gasteiger partial charge is 0.250 e. The standard InChI is InChI=1S/C10H9N2O3S/c1-16(14,15)6-2-3-9-7(4-6)8(5-12-9)10(11)13/h2-5H,1H3,(H2,11,13). The van der Waals surface area contributed by atoms with Gasteiger partial charge in [0, 0.05) is 18.0 Å². The molecule has 2 rings (SSSR count). The van der Waals surface area contributed by atoms with Crippen LogP contribution in [-0.2, 0) is 14.6 Å². The van der Waals surface area contributed by atoms with Crippen LogP contribution in [0, 0.1) is 0 Å². The fourth-order valence-corrected chi connectivity index (χ4v) is 2.12. The monoisotopic (exact) mass is 237 g/mol. The van der Waals surface area contributed by atoms with E-state index in [0.29, 0.717) is 11.3 Å². The van der Waals surface area contributed by atoms with Gasteiger partial charge in [-0.1, -0.05) is 0 Å². The molecule has 0 saturated carbocycles. The summed E-state index contributed by atoms with van der Waals surface area (Å²) >= 11 is 0. The number of hydrogen-bond acceptors (Lipinski definition) is 3. The Hall–Kier alpha value is -1.82. The molecule has 1 aliphatic heterocycles. The number of sulfone groups is 1. The highest BCUT2D eigenvalue weighted by atomic mass is 32.2. The number of carbonyl (C=O) groups is 1. The van der Waals surface area contributed by atoms with Gasteiger partial charge in [-0.25, -0.2) is 8.42 Å². The largest absolute Gasteiger partial charge is 0.366 e. The first kappa shape index (κ1) is 10.7. The molecule has 1 amide bonds. The second-order valence-electron chi connectivity index (χ2n) is 3.49. The Labute approximate surface area is 92.9 Å². The van der Waals surface area contributed by atoms with Crippen molar-refractivity contribution in [1.29, 1.82) is 0 Å². The fourth-order valence-electron chi connectivity index (χ4n) is 1.47. The van der Waals surface area contributed by atoms with Crippen molar-refractivity contribution in [3.05, 3.63) is 30.0 Å². The Bertz CT molecular complexity index is 602. The maximum absolute atomic E-state index is 11.3. The van der Waals surface area contributed by atoms with E-state index in [1.54, 1.807) is 6.07 Å². The number of rotatable bonds is 2. The molecule has 0 saturated heterocycles. The molecule has 0 spiro atoms. The molecule has 0 atom stereocenters. The Balaban J connectivity index is 2.59. The molecule has 16 heavy (non-hydrogen) atoms. The van der Waals surface area contributed by atoms with E-state index >= 15 is 0 Å². The summed E-state index contributed by atoms with van der Waals surface area (Å²) in [5, 5.41) is 3.97. The average Bonchev–Trinajstić information content (AvgIpc) is 2.58. The Morgan fingerprint density at radius 3 is 2.62 bits per heavy atom. The van der Waals surface area contributed by atoms with Crippen LogP contribution in [0.4, 0.5) is 5.69 Å². The van der Waals surface area contributed by atoms with Crippen LogP contribution in [0.25, 0.3) is 5.57 Å². The predicted octanol–water partition coefficient (Wildman–Crippen LogP) is 0.166. The first-order chi connectivity index (χ1) is 7.39. The molecule has 0 bridgehead atoms. The first-order valence-corrected chi connectivity index (χ1v) is 6.34. The van der Waals surface area contributed by atoms with E-state index in [9.17, 15) is 13.2 Å². The summed E-state index contributed by atoms with van der Waals surface area (Å²) in [5.74, 6) is -0.617. The van der Waals surface area contributed by atoms with Gasteiger partial charge in [0.2, 0.25) is 0 Å². The summed E-state index contributed by atoms with van der Waals surface area (Å²) in [6.07, 6.45) is 2.45. The number of nitrogens with zero attached hydrogens (tertiary/aromatic N) is 1. The van der Waals surface area contributed by atoms with Crippen LogP contribution in [0.1, 0.15) is 5.56 Å². The molecule has 0 fully saturated rings. The van der Waals surface area contributed by atoms with Gasteiger partial charge in [0.25, 0.3) is 5.91 Å². The minimum atomic E-state index is -3.29. The van der Waals surface area contributed by atoms with Gasteiger partial charge in [-0.3, -0.25) is 10.1 Å².